The molecule has 1 heterocycles. The number of allylic oxidation sites excluding steroid dienone is 4. The molecule has 0 fully saturated rings. The van der Waals surface area contributed by atoms with Crippen molar-refractivity contribution >= 4 is 48.9 Å². The summed E-state index contributed by atoms with van der Waals surface area (Å²) in [5, 5.41) is 8.68. The SMILES string of the molecule is C1=CC2=C(CC1)c1c(oc3c(-c4c5ccccc5c(-c5cc(-c6ccccc6)cc(-c6ccccc6)c5)c5ccccc45)c4ccccc4cc13)CC2. The van der Waals surface area contributed by atoms with Crippen molar-refractivity contribution in [3.63, 3.8) is 0 Å². The third kappa shape index (κ3) is 4.77. The molecular formula is C52H36O. The van der Waals surface area contributed by atoms with Crippen LogP contribution in [0.5, 0.6) is 0 Å². The van der Waals surface area contributed by atoms with Gasteiger partial charge in [-0.3, -0.25) is 0 Å². The van der Waals surface area contributed by atoms with E-state index in [9.17, 15) is 0 Å². The molecule has 8 aromatic carbocycles. The zero-order chi connectivity index (χ0) is 34.9. The molecule has 11 rings (SSSR count). The summed E-state index contributed by atoms with van der Waals surface area (Å²) in [6.45, 7) is 0. The number of benzene rings is 8. The fraction of sp³-hybridized carbons (Fsp3) is 0.0769. The average Bonchev–Trinajstić information content (AvgIpc) is 3.61. The molecule has 0 atom stereocenters. The Morgan fingerprint density at radius 3 is 1.57 bits per heavy atom. The third-order valence-electron chi connectivity index (χ3n) is 11.6. The van der Waals surface area contributed by atoms with Crippen LogP contribution in [0, 0.1) is 0 Å². The van der Waals surface area contributed by atoms with Gasteiger partial charge in [0.15, 0.2) is 0 Å². The van der Waals surface area contributed by atoms with Crippen LogP contribution in [0.25, 0.3) is 93.4 Å². The molecule has 0 radical (unpaired) electrons. The van der Waals surface area contributed by atoms with Crippen LogP contribution in [0.4, 0.5) is 0 Å². The van der Waals surface area contributed by atoms with Crippen molar-refractivity contribution in [2.45, 2.75) is 25.7 Å². The first-order valence-corrected chi connectivity index (χ1v) is 18.9. The molecule has 250 valence electrons. The maximum Gasteiger partial charge on any atom is 0.143 e. The largest absolute Gasteiger partial charge is 0.460 e. The summed E-state index contributed by atoms with van der Waals surface area (Å²) in [6, 6.07) is 58.0. The second-order valence-corrected chi connectivity index (χ2v) is 14.6. The lowest BCUT2D eigenvalue weighted by molar-refractivity contribution is 0.543. The van der Waals surface area contributed by atoms with Crippen molar-refractivity contribution < 1.29 is 4.42 Å². The van der Waals surface area contributed by atoms with Crippen LogP contribution in [-0.2, 0) is 6.42 Å². The van der Waals surface area contributed by atoms with Crippen molar-refractivity contribution in [1.29, 1.82) is 0 Å². The molecule has 0 saturated carbocycles. The predicted octanol–water partition coefficient (Wildman–Crippen LogP) is 14.6. The van der Waals surface area contributed by atoms with Gasteiger partial charge in [0.1, 0.15) is 11.3 Å². The lowest BCUT2D eigenvalue weighted by Crippen LogP contribution is -2.04. The van der Waals surface area contributed by atoms with Crippen LogP contribution in [0.3, 0.4) is 0 Å². The second-order valence-electron chi connectivity index (χ2n) is 14.6. The molecule has 0 saturated heterocycles. The Kier molecular flexibility index (Phi) is 6.88. The van der Waals surface area contributed by atoms with Crippen molar-refractivity contribution in [3.8, 4) is 44.5 Å². The van der Waals surface area contributed by atoms with Gasteiger partial charge in [0, 0.05) is 28.5 Å². The van der Waals surface area contributed by atoms with Crippen molar-refractivity contribution in [1.82, 2.24) is 0 Å². The van der Waals surface area contributed by atoms with Gasteiger partial charge in [0.05, 0.1) is 0 Å². The molecular weight excluding hydrogens is 641 g/mol. The molecule has 0 spiro atoms. The van der Waals surface area contributed by atoms with E-state index in [1.165, 1.54) is 98.9 Å². The van der Waals surface area contributed by atoms with E-state index < -0.39 is 0 Å². The molecule has 2 aliphatic rings. The highest BCUT2D eigenvalue weighted by atomic mass is 16.3. The highest BCUT2D eigenvalue weighted by molar-refractivity contribution is 6.27. The van der Waals surface area contributed by atoms with Gasteiger partial charge in [-0.15, -0.1) is 0 Å². The molecule has 0 N–H and O–H groups in total. The highest BCUT2D eigenvalue weighted by Gasteiger charge is 2.29. The molecule has 1 nitrogen and oxygen atoms in total. The van der Waals surface area contributed by atoms with E-state index in [1.54, 1.807) is 0 Å². The van der Waals surface area contributed by atoms with E-state index in [2.05, 4.69) is 170 Å². The zero-order valence-electron chi connectivity index (χ0n) is 29.4. The maximum absolute atomic E-state index is 7.12. The highest BCUT2D eigenvalue weighted by Crippen LogP contribution is 2.51. The molecule has 1 aromatic heterocycles. The fourth-order valence-electron chi connectivity index (χ4n) is 9.26. The first-order valence-electron chi connectivity index (χ1n) is 18.9. The smallest absolute Gasteiger partial charge is 0.143 e. The van der Waals surface area contributed by atoms with Crippen LogP contribution < -0.4 is 0 Å². The normalized spacial score (nSPS) is 14.0. The Labute approximate surface area is 309 Å². The fourth-order valence-corrected chi connectivity index (χ4v) is 9.26. The van der Waals surface area contributed by atoms with Crippen LogP contribution in [0.2, 0.25) is 0 Å². The summed E-state index contributed by atoms with van der Waals surface area (Å²) in [6.07, 6.45) is 8.83. The van der Waals surface area contributed by atoms with Crippen LogP contribution in [0.1, 0.15) is 30.6 Å². The monoisotopic (exact) mass is 676 g/mol. The summed E-state index contributed by atoms with van der Waals surface area (Å²) >= 11 is 0. The van der Waals surface area contributed by atoms with E-state index in [0.29, 0.717) is 0 Å². The molecule has 9 aromatic rings. The van der Waals surface area contributed by atoms with Gasteiger partial charge in [0.25, 0.3) is 0 Å². The topological polar surface area (TPSA) is 13.1 Å². The number of furan rings is 1. The van der Waals surface area contributed by atoms with Crippen molar-refractivity contribution in [2.75, 3.05) is 0 Å². The molecule has 0 amide bonds. The van der Waals surface area contributed by atoms with E-state index in [-0.39, 0.29) is 0 Å². The van der Waals surface area contributed by atoms with Crippen molar-refractivity contribution in [3.05, 3.63) is 187 Å². The molecule has 0 unspecified atom stereocenters. The van der Waals surface area contributed by atoms with E-state index >= 15 is 0 Å². The third-order valence-corrected chi connectivity index (χ3v) is 11.6. The van der Waals surface area contributed by atoms with Crippen LogP contribution in [0.15, 0.2) is 180 Å². The van der Waals surface area contributed by atoms with Crippen molar-refractivity contribution in [2.24, 2.45) is 0 Å². The Balaban J connectivity index is 1.26. The quantitative estimate of drug-likeness (QED) is 0.169. The Bertz CT molecular complexity index is 2860. The number of aryl methyl sites for hydroxylation is 1. The Morgan fingerprint density at radius 1 is 0.377 bits per heavy atom. The maximum atomic E-state index is 7.12. The lowest BCUT2D eigenvalue weighted by atomic mass is 9.81. The summed E-state index contributed by atoms with van der Waals surface area (Å²) in [5.74, 6) is 1.14. The summed E-state index contributed by atoms with van der Waals surface area (Å²) < 4.78 is 7.12. The van der Waals surface area contributed by atoms with Gasteiger partial charge in [0.2, 0.25) is 0 Å². The summed E-state index contributed by atoms with van der Waals surface area (Å²) in [4.78, 5) is 0. The van der Waals surface area contributed by atoms with Gasteiger partial charge in [-0.2, -0.15) is 0 Å². The molecule has 2 aliphatic carbocycles. The van der Waals surface area contributed by atoms with Gasteiger partial charge < -0.3 is 4.42 Å². The van der Waals surface area contributed by atoms with Crippen LogP contribution >= 0.6 is 0 Å². The van der Waals surface area contributed by atoms with E-state index in [0.717, 1.165) is 37.0 Å². The summed E-state index contributed by atoms with van der Waals surface area (Å²) in [5.41, 5.74) is 15.1. The van der Waals surface area contributed by atoms with E-state index in [4.69, 9.17) is 4.42 Å². The van der Waals surface area contributed by atoms with E-state index in [1.807, 2.05) is 0 Å². The number of rotatable bonds is 4. The van der Waals surface area contributed by atoms with Gasteiger partial charge in [-0.25, -0.2) is 0 Å². The molecule has 1 heteroatoms. The summed E-state index contributed by atoms with van der Waals surface area (Å²) in [7, 11) is 0. The second kappa shape index (κ2) is 12.1. The average molecular weight is 677 g/mol. The molecule has 0 bridgehead atoms. The number of fused-ring (bicyclic) bond motifs is 7. The minimum atomic E-state index is 0.935. The minimum Gasteiger partial charge on any atom is -0.460 e. The van der Waals surface area contributed by atoms with Gasteiger partial charge >= 0.3 is 0 Å². The minimum absolute atomic E-state index is 0.935. The lowest BCUT2D eigenvalue weighted by Gasteiger charge is -2.21. The first kappa shape index (κ1) is 30.2. The predicted molar refractivity (Wildman–Crippen MR) is 224 cm³/mol. The number of hydrogen-bond donors (Lipinski definition) is 0. The van der Waals surface area contributed by atoms with Crippen LogP contribution in [-0.4, -0.2) is 0 Å². The Morgan fingerprint density at radius 2 is 0.925 bits per heavy atom. The molecule has 53 heavy (non-hydrogen) atoms. The first-order chi connectivity index (χ1) is 26.3. The van der Waals surface area contributed by atoms with Gasteiger partial charge in [-0.1, -0.05) is 146 Å². The number of hydrogen-bond acceptors (Lipinski definition) is 1. The zero-order valence-corrected chi connectivity index (χ0v) is 29.4. The Hall–Kier alpha value is -6.44. The molecule has 0 aliphatic heterocycles. The standard InChI is InChI=1S/C52H36O/c1-3-15-33(16-4-1)37-29-38(34-17-5-2-6-18-34)31-39(30-37)48-42-23-11-13-25-44(42)50(45-26-14-12-24-43(45)48)51-41-22-10-8-20-36(41)32-46-49-40-21-9-7-19-35(40)27-28-47(49)53-52(46)51/h1-8,10-20,22-26,29-32H,9,21,27-28H2. The van der Waals surface area contributed by atoms with Gasteiger partial charge in [-0.05, 0) is 120 Å².